The number of rotatable bonds is 2. The van der Waals surface area contributed by atoms with Gasteiger partial charge in [0.15, 0.2) is 0 Å². The summed E-state index contributed by atoms with van der Waals surface area (Å²) in [5.41, 5.74) is 13.4. The molecule has 3 fully saturated rings. The number of hydrogen-bond donors (Lipinski definition) is 2. The predicted octanol–water partition coefficient (Wildman–Crippen LogP) is 1.30. The Bertz CT molecular complexity index is 566. The monoisotopic (exact) mass is 302 g/mol. The van der Waals surface area contributed by atoms with Crippen molar-refractivity contribution in [3.05, 3.63) is 5.56 Å². The number of nitrogens with zero attached hydrogens (tertiary/aromatic N) is 4. The van der Waals surface area contributed by atoms with Gasteiger partial charge in [0.1, 0.15) is 11.6 Å². The zero-order chi connectivity index (χ0) is 15.3. The number of fused-ring (bicyclic) bond motifs is 2. The Morgan fingerprint density at radius 1 is 1.00 bits per heavy atom. The quantitative estimate of drug-likeness (QED) is 0.856. The van der Waals surface area contributed by atoms with E-state index in [0.717, 1.165) is 43.8 Å². The Morgan fingerprint density at radius 3 is 2.41 bits per heavy atom. The normalized spacial score (nSPS) is 31.9. The van der Waals surface area contributed by atoms with Gasteiger partial charge < -0.3 is 21.3 Å². The second-order valence-corrected chi connectivity index (χ2v) is 7.28. The smallest absolute Gasteiger partial charge is 0.223 e. The fourth-order valence-electron chi connectivity index (χ4n) is 4.71. The van der Waals surface area contributed by atoms with Crippen molar-refractivity contribution < 1.29 is 0 Å². The van der Waals surface area contributed by atoms with Gasteiger partial charge in [0.05, 0.1) is 0 Å². The third-order valence-electron chi connectivity index (χ3n) is 5.88. The minimum absolute atomic E-state index is 0.304. The number of nitrogen functional groups attached to an aromatic ring is 2. The van der Waals surface area contributed by atoms with Crippen LogP contribution in [-0.2, 0) is 0 Å². The summed E-state index contributed by atoms with van der Waals surface area (Å²) in [6, 6.07) is 0. The third kappa shape index (κ3) is 2.29. The molecule has 0 spiro atoms. The molecule has 2 aliphatic carbocycles. The Kier molecular flexibility index (Phi) is 3.36. The van der Waals surface area contributed by atoms with Crippen molar-refractivity contribution in [1.29, 1.82) is 0 Å². The van der Waals surface area contributed by atoms with Crippen LogP contribution in [0.3, 0.4) is 0 Å². The SMILES string of the molecule is CN1CCN(c2nc(N)nc(N)c2[C@H]2C[C@H]3CC[C@@H]2C3)CC1. The van der Waals surface area contributed by atoms with E-state index in [2.05, 4.69) is 26.8 Å². The summed E-state index contributed by atoms with van der Waals surface area (Å²) in [6.45, 7) is 4.08. The zero-order valence-corrected chi connectivity index (χ0v) is 13.3. The maximum Gasteiger partial charge on any atom is 0.223 e. The van der Waals surface area contributed by atoms with Gasteiger partial charge in [-0.2, -0.15) is 9.97 Å². The van der Waals surface area contributed by atoms with Crippen LogP contribution in [0.4, 0.5) is 17.6 Å². The van der Waals surface area contributed by atoms with Crippen LogP contribution in [0.15, 0.2) is 0 Å². The van der Waals surface area contributed by atoms with Crippen molar-refractivity contribution in [1.82, 2.24) is 14.9 Å². The standard InChI is InChI=1S/C16H26N6/c1-21-4-6-22(7-5-21)15-13(14(17)19-16(18)20-15)12-9-10-2-3-11(12)8-10/h10-12H,2-9H2,1H3,(H4,17,18,19,20)/t10-,11+,12-/m0/s1. The highest BCUT2D eigenvalue weighted by Gasteiger charge is 2.43. The Labute approximate surface area is 131 Å². The number of likely N-dealkylation sites (N-methyl/N-ethyl adjacent to an activating group) is 1. The summed E-state index contributed by atoms with van der Waals surface area (Å²) in [7, 11) is 2.16. The van der Waals surface area contributed by atoms with E-state index in [9.17, 15) is 0 Å². The molecule has 2 heterocycles. The van der Waals surface area contributed by atoms with Crippen LogP contribution in [0.1, 0.15) is 37.2 Å². The molecule has 0 unspecified atom stereocenters. The van der Waals surface area contributed by atoms with E-state index in [1.54, 1.807) is 0 Å². The molecule has 22 heavy (non-hydrogen) atoms. The molecular weight excluding hydrogens is 276 g/mol. The van der Waals surface area contributed by atoms with E-state index >= 15 is 0 Å². The molecule has 1 aromatic rings. The molecule has 0 radical (unpaired) electrons. The van der Waals surface area contributed by atoms with Gasteiger partial charge in [-0.15, -0.1) is 0 Å². The lowest BCUT2D eigenvalue weighted by molar-refractivity contribution is 0.311. The Morgan fingerprint density at radius 2 is 1.77 bits per heavy atom. The molecule has 1 aliphatic heterocycles. The summed E-state index contributed by atoms with van der Waals surface area (Å²) in [5, 5.41) is 0. The summed E-state index contributed by atoms with van der Waals surface area (Å²) >= 11 is 0. The van der Waals surface area contributed by atoms with E-state index in [4.69, 9.17) is 11.5 Å². The molecule has 3 atom stereocenters. The molecule has 2 saturated carbocycles. The van der Waals surface area contributed by atoms with E-state index in [1.807, 2.05) is 0 Å². The first kappa shape index (κ1) is 14.1. The Hall–Kier alpha value is -1.56. The predicted molar refractivity (Wildman–Crippen MR) is 88.8 cm³/mol. The van der Waals surface area contributed by atoms with Gasteiger partial charge in [-0.3, -0.25) is 0 Å². The molecule has 4 rings (SSSR count). The van der Waals surface area contributed by atoms with Crippen LogP contribution in [0.2, 0.25) is 0 Å². The first-order chi connectivity index (χ1) is 10.6. The lowest BCUT2D eigenvalue weighted by Crippen LogP contribution is -2.45. The van der Waals surface area contributed by atoms with Gasteiger partial charge in [-0.05, 0) is 44.1 Å². The van der Waals surface area contributed by atoms with Crippen molar-refractivity contribution in [3.63, 3.8) is 0 Å². The maximum absolute atomic E-state index is 6.30. The highest BCUT2D eigenvalue weighted by molar-refractivity contribution is 5.62. The van der Waals surface area contributed by atoms with Crippen LogP contribution in [-0.4, -0.2) is 48.1 Å². The molecule has 0 aromatic carbocycles. The average molecular weight is 302 g/mol. The molecule has 0 amide bonds. The van der Waals surface area contributed by atoms with Gasteiger partial charge in [0, 0.05) is 31.7 Å². The van der Waals surface area contributed by atoms with Crippen molar-refractivity contribution in [3.8, 4) is 0 Å². The number of nitrogens with two attached hydrogens (primary N) is 2. The molecule has 3 aliphatic rings. The molecule has 1 saturated heterocycles. The number of hydrogen-bond acceptors (Lipinski definition) is 6. The molecule has 4 N–H and O–H groups in total. The topological polar surface area (TPSA) is 84.3 Å². The molecular formula is C16H26N6. The number of aromatic nitrogens is 2. The largest absolute Gasteiger partial charge is 0.383 e. The van der Waals surface area contributed by atoms with Crippen LogP contribution < -0.4 is 16.4 Å². The zero-order valence-electron chi connectivity index (χ0n) is 13.3. The first-order valence-corrected chi connectivity index (χ1v) is 8.48. The lowest BCUT2D eigenvalue weighted by Gasteiger charge is -2.36. The summed E-state index contributed by atoms with van der Waals surface area (Å²) in [5.74, 6) is 4.11. The van der Waals surface area contributed by atoms with Gasteiger partial charge in [-0.25, -0.2) is 0 Å². The molecule has 6 nitrogen and oxygen atoms in total. The number of anilines is 3. The van der Waals surface area contributed by atoms with Crippen molar-refractivity contribution in [2.24, 2.45) is 11.8 Å². The summed E-state index contributed by atoms with van der Waals surface area (Å²) in [6.07, 6.45) is 5.33. The highest BCUT2D eigenvalue weighted by atomic mass is 15.3. The van der Waals surface area contributed by atoms with Gasteiger partial charge in [0.2, 0.25) is 5.95 Å². The Balaban J connectivity index is 1.70. The van der Waals surface area contributed by atoms with E-state index in [-0.39, 0.29) is 0 Å². The van der Waals surface area contributed by atoms with E-state index in [1.165, 1.54) is 31.2 Å². The fraction of sp³-hybridized carbons (Fsp3) is 0.750. The minimum Gasteiger partial charge on any atom is -0.383 e. The van der Waals surface area contributed by atoms with Gasteiger partial charge in [-0.1, -0.05) is 6.42 Å². The fourth-order valence-corrected chi connectivity index (χ4v) is 4.71. The molecule has 1 aromatic heterocycles. The van der Waals surface area contributed by atoms with Crippen molar-refractivity contribution >= 4 is 17.6 Å². The average Bonchev–Trinajstić information content (AvgIpc) is 3.10. The van der Waals surface area contributed by atoms with Crippen LogP contribution >= 0.6 is 0 Å². The third-order valence-corrected chi connectivity index (χ3v) is 5.88. The summed E-state index contributed by atoms with van der Waals surface area (Å²) < 4.78 is 0. The second kappa shape index (κ2) is 5.26. The molecule has 2 bridgehead atoms. The van der Waals surface area contributed by atoms with Gasteiger partial charge in [0.25, 0.3) is 0 Å². The van der Waals surface area contributed by atoms with E-state index < -0.39 is 0 Å². The van der Waals surface area contributed by atoms with Crippen molar-refractivity contribution in [2.45, 2.75) is 31.6 Å². The second-order valence-electron chi connectivity index (χ2n) is 7.28. The maximum atomic E-state index is 6.30. The highest BCUT2D eigenvalue weighted by Crippen LogP contribution is 2.55. The van der Waals surface area contributed by atoms with Crippen LogP contribution in [0, 0.1) is 11.8 Å². The number of piperazine rings is 1. The molecule has 120 valence electrons. The van der Waals surface area contributed by atoms with Crippen molar-refractivity contribution in [2.75, 3.05) is 49.6 Å². The summed E-state index contributed by atoms with van der Waals surface area (Å²) in [4.78, 5) is 13.6. The van der Waals surface area contributed by atoms with E-state index in [0.29, 0.717) is 17.7 Å². The lowest BCUT2D eigenvalue weighted by atomic mass is 9.83. The minimum atomic E-state index is 0.304. The first-order valence-electron chi connectivity index (χ1n) is 8.48. The molecule has 6 heteroatoms. The van der Waals surface area contributed by atoms with Crippen LogP contribution in [0.5, 0.6) is 0 Å². The van der Waals surface area contributed by atoms with Crippen LogP contribution in [0.25, 0.3) is 0 Å². The van der Waals surface area contributed by atoms with Gasteiger partial charge >= 0.3 is 0 Å².